The first kappa shape index (κ1) is 13.0. The maximum atomic E-state index is 12.4. The van der Waals surface area contributed by atoms with Crippen LogP contribution in [0.1, 0.15) is 49.9 Å². The van der Waals surface area contributed by atoms with E-state index in [4.69, 9.17) is 16.3 Å². The van der Waals surface area contributed by atoms with E-state index in [1.165, 1.54) is 0 Å². The molecule has 3 rings (SSSR count). The summed E-state index contributed by atoms with van der Waals surface area (Å²) in [5.74, 6) is 2.21. The van der Waals surface area contributed by atoms with Gasteiger partial charge in [-0.15, -0.1) is 0 Å². The van der Waals surface area contributed by atoms with Gasteiger partial charge in [-0.1, -0.05) is 25.4 Å². The van der Waals surface area contributed by atoms with Crippen molar-refractivity contribution in [2.75, 3.05) is 0 Å². The van der Waals surface area contributed by atoms with E-state index in [1.54, 1.807) is 12.1 Å². The molecule has 2 nitrogen and oxygen atoms in total. The van der Waals surface area contributed by atoms with Crippen molar-refractivity contribution in [1.82, 2.24) is 0 Å². The molecule has 1 aliphatic carbocycles. The molecule has 1 fully saturated rings. The van der Waals surface area contributed by atoms with Gasteiger partial charge >= 0.3 is 0 Å². The van der Waals surface area contributed by atoms with Crippen LogP contribution in [0.5, 0.6) is 5.75 Å². The molecule has 0 saturated heterocycles. The lowest BCUT2D eigenvalue weighted by Gasteiger charge is -2.45. The Kier molecular flexibility index (Phi) is 3.09. The highest BCUT2D eigenvalue weighted by molar-refractivity contribution is 6.31. The first-order chi connectivity index (χ1) is 8.99. The molecule has 0 bridgehead atoms. The fourth-order valence-corrected chi connectivity index (χ4v) is 3.56. The van der Waals surface area contributed by atoms with Crippen LogP contribution < -0.4 is 4.74 Å². The molecule has 3 heteroatoms. The molecule has 3 unspecified atom stereocenters. The number of fused-ring (bicyclic) bond motifs is 1. The molecule has 0 amide bonds. The molecule has 1 aromatic rings. The molecule has 1 heterocycles. The molecule has 0 aromatic heterocycles. The van der Waals surface area contributed by atoms with Crippen molar-refractivity contribution in [3.63, 3.8) is 0 Å². The van der Waals surface area contributed by atoms with E-state index in [0.717, 1.165) is 25.2 Å². The van der Waals surface area contributed by atoms with Crippen molar-refractivity contribution in [3.05, 3.63) is 28.8 Å². The SMILES string of the molecule is CC1CCC2(CC(=O)c3cc(Cl)ccc3O2)CC1C. The first-order valence-electron chi connectivity index (χ1n) is 7.01. The van der Waals surface area contributed by atoms with Crippen LogP contribution in [0.15, 0.2) is 18.2 Å². The maximum Gasteiger partial charge on any atom is 0.170 e. The van der Waals surface area contributed by atoms with E-state index < -0.39 is 0 Å². The topological polar surface area (TPSA) is 26.3 Å². The van der Waals surface area contributed by atoms with Crippen molar-refractivity contribution in [1.29, 1.82) is 0 Å². The Morgan fingerprint density at radius 3 is 2.84 bits per heavy atom. The zero-order chi connectivity index (χ0) is 13.6. The quantitative estimate of drug-likeness (QED) is 0.698. The van der Waals surface area contributed by atoms with Crippen LogP contribution in [0.4, 0.5) is 0 Å². The zero-order valence-corrected chi connectivity index (χ0v) is 12.2. The Hall–Kier alpha value is -1.02. The third kappa shape index (κ3) is 2.27. The van der Waals surface area contributed by atoms with Gasteiger partial charge in [0.25, 0.3) is 0 Å². The summed E-state index contributed by atoms with van der Waals surface area (Å²) in [7, 11) is 0. The van der Waals surface area contributed by atoms with Crippen LogP contribution in [-0.4, -0.2) is 11.4 Å². The van der Waals surface area contributed by atoms with E-state index in [9.17, 15) is 4.79 Å². The maximum absolute atomic E-state index is 12.4. The number of ether oxygens (including phenoxy) is 1. The van der Waals surface area contributed by atoms with Gasteiger partial charge in [0.2, 0.25) is 0 Å². The molecular weight excluding hydrogens is 260 g/mol. The molecule has 1 aromatic carbocycles. The van der Waals surface area contributed by atoms with Gasteiger partial charge in [0.05, 0.1) is 12.0 Å². The second-order valence-corrected chi connectivity index (χ2v) is 6.66. The van der Waals surface area contributed by atoms with Gasteiger partial charge in [-0.05, 0) is 49.3 Å². The smallest absolute Gasteiger partial charge is 0.170 e. The number of hydrogen-bond donors (Lipinski definition) is 0. The number of benzene rings is 1. The monoisotopic (exact) mass is 278 g/mol. The molecule has 19 heavy (non-hydrogen) atoms. The molecule has 1 aliphatic heterocycles. The third-order valence-electron chi connectivity index (χ3n) is 4.77. The van der Waals surface area contributed by atoms with E-state index in [-0.39, 0.29) is 11.4 Å². The van der Waals surface area contributed by atoms with Crippen molar-refractivity contribution in [2.24, 2.45) is 11.8 Å². The van der Waals surface area contributed by atoms with Gasteiger partial charge in [0.15, 0.2) is 5.78 Å². The second-order valence-electron chi connectivity index (χ2n) is 6.22. The number of carbonyl (C=O) groups is 1. The minimum atomic E-state index is -0.274. The number of halogens is 1. The molecule has 3 atom stereocenters. The van der Waals surface area contributed by atoms with E-state index in [0.29, 0.717) is 28.7 Å². The molecule has 0 radical (unpaired) electrons. The van der Waals surface area contributed by atoms with E-state index >= 15 is 0 Å². The van der Waals surface area contributed by atoms with Gasteiger partial charge in [-0.3, -0.25) is 4.79 Å². The highest BCUT2D eigenvalue weighted by Crippen LogP contribution is 2.45. The minimum absolute atomic E-state index is 0.172. The number of ketones is 1. The molecule has 1 saturated carbocycles. The highest BCUT2D eigenvalue weighted by atomic mass is 35.5. The summed E-state index contributed by atoms with van der Waals surface area (Å²) < 4.78 is 6.23. The van der Waals surface area contributed by atoms with Crippen LogP contribution in [0.2, 0.25) is 5.02 Å². The lowest BCUT2D eigenvalue weighted by molar-refractivity contribution is -0.0152. The van der Waals surface area contributed by atoms with E-state index in [2.05, 4.69) is 13.8 Å². The van der Waals surface area contributed by atoms with Gasteiger partial charge < -0.3 is 4.74 Å². The van der Waals surface area contributed by atoms with Crippen molar-refractivity contribution < 1.29 is 9.53 Å². The number of rotatable bonds is 0. The van der Waals surface area contributed by atoms with Crippen molar-refractivity contribution in [2.45, 2.75) is 45.1 Å². The summed E-state index contributed by atoms with van der Waals surface area (Å²) in [5, 5.41) is 0.595. The zero-order valence-electron chi connectivity index (χ0n) is 11.4. The number of hydrogen-bond acceptors (Lipinski definition) is 2. The summed E-state index contributed by atoms with van der Waals surface area (Å²) in [6.45, 7) is 4.55. The van der Waals surface area contributed by atoms with Crippen molar-refractivity contribution in [3.8, 4) is 5.75 Å². The molecular formula is C16H19ClO2. The predicted molar refractivity (Wildman–Crippen MR) is 75.9 cm³/mol. The van der Waals surface area contributed by atoms with Gasteiger partial charge in [-0.2, -0.15) is 0 Å². The van der Waals surface area contributed by atoms with E-state index in [1.807, 2.05) is 6.07 Å². The standard InChI is InChI=1S/C16H19ClO2/c1-10-5-6-16(8-11(10)2)9-14(18)13-7-12(17)3-4-15(13)19-16/h3-4,7,10-11H,5-6,8-9H2,1-2H3. The summed E-state index contributed by atoms with van der Waals surface area (Å²) in [5.41, 5.74) is 0.369. The summed E-state index contributed by atoms with van der Waals surface area (Å²) >= 11 is 5.95. The largest absolute Gasteiger partial charge is 0.486 e. The van der Waals surface area contributed by atoms with Gasteiger partial charge in [0, 0.05) is 5.02 Å². The predicted octanol–water partition coefficient (Wildman–Crippen LogP) is 4.50. The Bertz CT molecular complexity index is 525. The van der Waals surface area contributed by atoms with Crippen LogP contribution in [0, 0.1) is 11.8 Å². The molecule has 2 aliphatic rings. The average Bonchev–Trinajstić information content (AvgIpc) is 2.36. The van der Waals surface area contributed by atoms with Crippen LogP contribution >= 0.6 is 11.6 Å². The number of carbonyl (C=O) groups excluding carboxylic acids is 1. The fourth-order valence-electron chi connectivity index (χ4n) is 3.38. The normalized spacial score (nSPS) is 33.9. The Balaban J connectivity index is 1.93. The lowest BCUT2D eigenvalue weighted by atomic mass is 9.70. The Morgan fingerprint density at radius 2 is 2.11 bits per heavy atom. The first-order valence-corrected chi connectivity index (χ1v) is 7.39. The summed E-state index contributed by atoms with van der Waals surface area (Å²) in [6.07, 6.45) is 3.59. The minimum Gasteiger partial charge on any atom is -0.486 e. The van der Waals surface area contributed by atoms with Crippen LogP contribution in [-0.2, 0) is 0 Å². The Morgan fingerprint density at radius 1 is 1.32 bits per heavy atom. The van der Waals surface area contributed by atoms with Gasteiger partial charge in [0.1, 0.15) is 11.4 Å². The summed E-state index contributed by atoms with van der Waals surface area (Å²) in [6, 6.07) is 5.35. The third-order valence-corrected chi connectivity index (χ3v) is 5.01. The van der Waals surface area contributed by atoms with Gasteiger partial charge in [-0.25, -0.2) is 0 Å². The Labute approximate surface area is 119 Å². The second kappa shape index (κ2) is 4.52. The van der Waals surface area contributed by atoms with Crippen LogP contribution in [0.3, 0.4) is 0 Å². The van der Waals surface area contributed by atoms with Crippen LogP contribution in [0.25, 0.3) is 0 Å². The average molecular weight is 279 g/mol. The summed E-state index contributed by atoms with van der Waals surface area (Å²) in [4.78, 5) is 12.4. The molecule has 0 N–H and O–H groups in total. The molecule has 102 valence electrons. The highest BCUT2D eigenvalue weighted by Gasteiger charge is 2.44. The fraction of sp³-hybridized carbons (Fsp3) is 0.562. The van der Waals surface area contributed by atoms with Crippen molar-refractivity contribution >= 4 is 17.4 Å². The number of Topliss-reactive ketones (excluding diaryl/α,β-unsaturated/α-hetero) is 1. The molecule has 1 spiro atoms. The lowest BCUT2D eigenvalue weighted by Crippen LogP contribution is -2.47.